The molecule has 7 heteroatoms. The lowest BCUT2D eigenvalue weighted by Crippen LogP contribution is -2.26. The summed E-state index contributed by atoms with van der Waals surface area (Å²) in [5.41, 5.74) is 5.14. The molecule has 0 saturated carbocycles. The van der Waals surface area contributed by atoms with E-state index in [0.29, 0.717) is 23.1 Å². The molecule has 1 aliphatic heterocycles. The van der Waals surface area contributed by atoms with Crippen LogP contribution in [0.5, 0.6) is 0 Å². The minimum atomic E-state index is -0.0595. The van der Waals surface area contributed by atoms with Crippen LogP contribution in [0, 0.1) is 0 Å². The van der Waals surface area contributed by atoms with Crippen molar-refractivity contribution in [2.75, 3.05) is 6.61 Å². The average Bonchev–Trinajstić information content (AvgIpc) is 3.45. The van der Waals surface area contributed by atoms with E-state index in [-0.39, 0.29) is 11.7 Å². The smallest absolute Gasteiger partial charge is 0.265 e. The molecule has 1 aromatic carbocycles. The quantitative estimate of drug-likeness (QED) is 0.441. The van der Waals surface area contributed by atoms with Crippen molar-refractivity contribution in [3.05, 3.63) is 52.6 Å². The van der Waals surface area contributed by atoms with Crippen LogP contribution >= 0.6 is 0 Å². The second-order valence-electron chi connectivity index (χ2n) is 8.93. The minimum Gasteiger partial charge on any atom is -0.376 e. The summed E-state index contributed by atoms with van der Waals surface area (Å²) >= 11 is 0. The first-order valence-electron chi connectivity index (χ1n) is 11.7. The van der Waals surface area contributed by atoms with Crippen LogP contribution in [0.1, 0.15) is 44.9 Å². The maximum atomic E-state index is 13.6. The van der Waals surface area contributed by atoms with Crippen LogP contribution in [-0.2, 0) is 17.8 Å². The molecule has 1 aliphatic carbocycles. The van der Waals surface area contributed by atoms with Gasteiger partial charge in [0.2, 0.25) is 0 Å². The number of rotatable bonds is 5. The Morgan fingerprint density at radius 2 is 1.94 bits per heavy atom. The monoisotopic (exact) mass is 429 g/mol. The highest BCUT2D eigenvalue weighted by atomic mass is 16.5. The van der Waals surface area contributed by atoms with Crippen molar-refractivity contribution in [2.24, 2.45) is 0 Å². The number of hydrogen-bond acceptors (Lipinski definition) is 5. The largest absolute Gasteiger partial charge is 0.376 e. The summed E-state index contributed by atoms with van der Waals surface area (Å²) < 4.78 is 9.53. The zero-order valence-corrected chi connectivity index (χ0v) is 18.2. The predicted molar refractivity (Wildman–Crippen MR) is 125 cm³/mol. The van der Waals surface area contributed by atoms with E-state index < -0.39 is 0 Å². The van der Waals surface area contributed by atoms with Gasteiger partial charge in [0.05, 0.1) is 30.0 Å². The van der Waals surface area contributed by atoms with E-state index in [2.05, 4.69) is 10.6 Å². The van der Waals surface area contributed by atoms with Crippen LogP contribution in [0.15, 0.2) is 47.0 Å². The third kappa shape index (κ3) is 3.41. The van der Waals surface area contributed by atoms with Crippen LogP contribution in [-0.4, -0.2) is 36.8 Å². The molecule has 1 fully saturated rings. The Labute approximate surface area is 185 Å². The predicted octanol–water partition coefficient (Wildman–Crippen LogP) is 4.36. The molecule has 0 radical (unpaired) electrons. The molecule has 1 atom stereocenters. The Balaban J connectivity index is 1.51. The van der Waals surface area contributed by atoms with Crippen molar-refractivity contribution < 1.29 is 4.74 Å². The highest BCUT2D eigenvalue weighted by Gasteiger charge is 2.22. The van der Waals surface area contributed by atoms with E-state index >= 15 is 0 Å². The summed E-state index contributed by atoms with van der Waals surface area (Å²) in [5.74, 6) is 0. The Bertz CT molecular complexity index is 1390. The highest BCUT2D eigenvalue weighted by Crippen LogP contribution is 2.27. The average molecular weight is 430 g/mol. The summed E-state index contributed by atoms with van der Waals surface area (Å²) in [4.78, 5) is 28.1. The summed E-state index contributed by atoms with van der Waals surface area (Å²) in [6, 6.07) is 7.83. The molecule has 4 heterocycles. The molecule has 2 aliphatic rings. The SMILES string of the molecule is O=c1c2c3nc4ccccc4nc3n(CCC3=CCCCC3)c2ncn1C[C@@H]1CCCO1. The van der Waals surface area contributed by atoms with Gasteiger partial charge in [0.15, 0.2) is 11.3 Å². The summed E-state index contributed by atoms with van der Waals surface area (Å²) in [5, 5.41) is 0.566. The van der Waals surface area contributed by atoms with Crippen molar-refractivity contribution in [2.45, 2.75) is 64.1 Å². The van der Waals surface area contributed by atoms with Gasteiger partial charge in [-0.1, -0.05) is 23.8 Å². The Morgan fingerprint density at radius 1 is 1.06 bits per heavy atom. The van der Waals surface area contributed by atoms with Gasteiger partial charge in [-0.05, 0) is 57.1 Å². The summed E-state index contributed by atoms with van der Waals surface area (Å²) in [7, 11) is 0. The molecule has 4 aromatic rings. The molecule has 3 aromatic heterocycles. The van der Waals surface area contributed by atoms with Gasteiger partial charge in [-0.15, -0.1) is 0 Å². The first-order chi connectivity index (χ1) is 15.8. The zero-order valence-electron chi connectivity index (χ0n) is 18.2. The molecule has 6 rings (SSSR count). The molecule has 0 amide bonds. The van der Waals surface area contributed by atoms with Crippen LogP contribution in [0.3, 0.4) is 0 Å². The lowest BCUT2D eigenvalue weighted by molar-refractivity contribution is 0.0960. The van der Waals surface area contributed by atoms with Gasteiger partial charge >= 0.3 is 0 Å². The van der Waals surface area contributed by atoms with Crippen LogP contribution in [0.4, 0.5) is 0 Å². The second kappa shape index (κ2) is 8.13. The van der Waals surface area contributed by atoms with Crippen molar-refractivity contribution in [1.29, 1.82) is 0 Å². The number of fused-ring (bicyclic) bond motifs is 4. The molecular weight excluding hydrogens is 402 g/mol. The van der Waals surface area contributed by atoms with E-state index in [0.717, 1.165) is 55.5 Å². The lowest BCUT2D eigenvalue weighted by atomic mass is 9.97. The summed E-state index contributed by atoms with van der Waals surface area (Å²) in [6.45, 7) is 2.05. The van der Waals surface area contributed by atoms with Gasteiger partial charge in [0.25, 0.3) is 5.56 Å². The van der Waals surface area contributed by atoms with E-state index in [1.165, 1.54) is 24.8 Å². The highest BCUT2D eigenvalue weighted by molar-refractivity contribution is 6.04. The fraction of sp³-hybridized carbons (Fsp3) is 0.440. The molecule has 1 saturated heterocycles. The molecule has 7 nitrogen and oxygen atoms in total. The van der Waals surface area contributed by atoms with Crippen molar-refractivity contribution in [3.8, 4) is 0 Å². The van der Waals surface area contributed by atoms with E-state index in [4.69, 9.17) is 19.7 Å². The number of benzene rings is 1. The lowest BCUT2D eigenvalue weighted by Gasteiger charge is -2.14. The number of aryl methyl sites for hydroxylation is 1. The number of para-hydroxylation sites is 2. The first-order valence-corrected chi connectivity index (χ1v) is 11.7. The van der Waals surface area contributed by atoms with Crippen molar-refractivity contribution >= 4 is 33.2 Å². The molecule has 0 N–H and O–H groups in total. The van der Waals surface area contributed by atoms with Gasteiger partial charge < -0.3 is 9.30 Å². The maximum absolute atomic E-state index is 13.6. The van der Waals surface area contributed by atoms with Gasteiger partial charge in [0.1, 0.15) is 10.9 Å². The van der Waals surface area contributed by atoms with Gasteiger partial charge in [-0.25, -0.2) is 15.0 Å². The Hall–Kier alpha value is -3.06. The van der Waals surface area contributed by atoms with Crippen LogP contribution < -0.4 is 5.56 Å². The minimum absolute atomic E-state index is 0.0595. The standard InChI is InChI=1S/C25H27N5O2/c31-25-21-22-24(28-20-11-5-4-10-19(20)27-22)30(13-12-17-7-2-1-3-8-17)23(21)26-16-29(25)15-18-9-6-14-32-18/h4-5,7,10-11,16,18H,1-3,6,8-9,12-15H2/t18-/m0/s1. The van der Waals surface area contributed by atoms with E-state index in [9.17, 15) is 4.79 Å². The molecule has 32 heavy (non-hydrogen) atoms. The van der Waals surface area contributed by atoms with Crippen LogP contribution in [0.25, 0.3) is 33.2 Å². The second-order valence-corrected chi connectivity index (χ2v) is 8.93. The Morgan fingerprint density at radius 3 is 2.72 bits per heavy atom. The van der Waals surface area contributed by atoms with Crippen molar-refractivity contribution in [1.82, 2.24) is 24.1 Å². The Kier molecular flexibility index (Phi) is 4.98. The third-order valence-corrected chi connectivity index (χ3v) is 6.78. The number of ether oxygens (including phenoxy) is 1. The molecule has 0 spiro atoms. The molecule has 0 unspecified atom stereocenters. The van der Waals surface area contributed by atoms with Gasteiger partial charge in [0, 0.05) is 13.2 Å². The molecule has 164 valence electrons. The fourth-order valence-electron chi connectivity index (χ4n) is 5.08. The third-order valence-electron chi connectivity index (χ3n) is 6.78. The number of allylic oxidation sites excluding steroid dienone is 2. The maximum Gasteiger partial charge on any atom is 0.265 e. The first kappa shape index (κ1) is 19.6. The zero-order chi connectivity index (χ0) is 21.5. The number of nitrogens with zero attached hydrogens (tertiary/aromatic N) is 5. The van der Waals surface area contributed by atoms with E-state index in [1.54, 1.807) is 10.9 Å². The van der Waals surface area contributed by atoms with Gasteiger partial charge in [-0.2, -0.15) is 0 Å². The molecule has 0 bridgehead atoms. The van der Waals surface area contributed by atoms with Crippen molar-refractivity contribution in [3.63, 3.8) is 0 Å². The number of aromatic nitrogens is 5. The number of hydrogen-bond donors (Lipinski definition) is 0. The fourth-order valence-corrected chi connectivity index (χ4v) is 5.08. The molecular formula is C25H27N5O2. The normalized spacial score (nSPS) is 19.2. The topological polar surface area (TPSA) is 74.8 Å². The summed E-state index contributed by atoms with van der Waals surface area (Å²) in [6.07, 6.45) is 12.0. The van der Waals surface area contributed by atoms with E-state index in [1.807, 2.05) is 24.3 Å². The van der Waals surface area contributed by atoms with Gasteiger partial charge in [-0.3, -0.25) is 9.36 Å². The van der Waals surface area contributed by atoms with Crippen LogP contribution in [0.2, 0.25) is 0 Å².